The maximum Gasteiger partial charge on any atom is 0.128 e. The van der Waals surface area contributed by atoms with Gasteiger partial charge in [-0.15, -0.1) is 0 Å². The Morgan fingerprint density at radius 1 is 1.65 bits per heavy atom. The van der Waals surface area contributed by atoms with Gasteiger partial charge in [-0.3, -0.25) is 0 Å². The van der Waals surface area contributed by atoms with E-state index in [9.17, 15) is 5.11 Å². The van der Waals surface area contributed by atoms with E-state index in [1.54, 1.807) is 20.2 Å². The molecule has 1 fully saturated rings. The third kappa shape index (κ3) is 2.96. The van der Waals surface area contributed by atoms with Gasteiger partial charge in [0.2, 0.25) is 0 Å². The van der Waals surface area contributed by atoms with Crippen molar-refractivity contribution in [1.82, 2.24) is 4.98 Å². The van der Waals surface area contributed by atoms with E-state index < -0.39 is 6.10 Å². The molecule has 17 heavy (non-hydrogen) atoms. The molecule has 1 N–H and O–H groups in total. The molecule has 4 nitrogen and oxygen atoms in total. The van der Waals surface area contributed by atoms with Crippen LogP contribution in [0.2, 0.25) is 0 Å². The fourth-order valence-corrected chi connectivity index (χ4v) is 2.28. The fourth-order valence-electron chi connectivity index (χ4n) is 2.28. The summed E-state index contributed by atoms with van der Waals surface area (Å²) in [6.45, 7) is 4.60. The lowest BCUT2D eigenvalue weighted by atomic mass is 10.1. The van der Waals surface area contributed by atoms with Gasteiger partial charge in [-0.25, -0.2) is 4.98 Å². The molecule has 2 rings (SSSR count). The van der Waals surface area contributed by atoms with E-state index in [4.69, 9.17) is 4.74 Å². The first kappa shape index (κ1) is 12.3. The largest absolute Gasteiger partial charge is 0.389 e. The molecule has 0 spiro atoms. The SMILES string of the molecule is COCC1CCN(c2cc([C@@H](C)O)ccn2)C1. The molecule has 1 saturated heterocycles. The Balaban J connectivity index is 2.05. The monoisotopic (exact) mass is 236 g/mol. The van der Waals surface area contributed by atoms with E-state index >= 15 is 0 Å². The van der Waals surface area contributed by atoms with Crippen molar-refractivity contribution in [3.05, 3.63) is 23.9 Å². The normalized spacial score (nSPS) is 21.8. The van der Waals surface area contributed by atoms with Crippen LogP contribution in [0.4, 0.5) is 5.82 Å². The number of hydrogen-bond acceptors (Lipinski definition) is 4. The maximum absolute atomic E-state index is 9.56. The molecule has 1 aliphatic rings. The minimum atomic E-state index is -0.436. The van der Waals surface area contributed by atoms with Crippen LogP contribution < -0.4 is 4.90 Å². The first-order valence-corrected chi connectivity index (χ1v) is 6.08. The van der Waals surface area contributed by atoms with Gasteiger partial charge in [-0.05, 0) is 31.0 Å². The number of aromatic nitrogens is 1. The minimum absolute atomic E-state index is 0.436. The molecule has 0 radical (unpaired) electrons. The van der Waals surface area contributed by atoms with Gasteiger partial charge in [0.15, 0.2) is 0 Å². The Bertz CT molecular complexity index is 368. The molecule has 0 amide bonds. The van der Waals surface area contributed by atoms with Gasteiger partial charge >= 0.3 is 0 Å². The van der Waals surface area contributed by atoms with Crippen molar-refractivity contribution < 1.29 is 9.84 Å². The van der Waals surface area contributed by atoms with Gasteiger partial charge in [-0.1, -0.05) is 0 Å². The second kappa shape index (κ2) is 5.47. The number of anilines is 1. The maximum atomic E-state index is 9.56. The van der Waals surface area contributed by atoms with E-state index in [-0.39, 0.29) is 0 Å². The van der Waals surface area contributed by atoms with Crippen LogP contribution in [-0.4, -0.2) is 36.9 Å². The number of pyridine rings is 1. The predicted molar refractivity (Wildman–Crippen MR) is 67.1 cm³/mol. The Hall–Kier alpha value is -1.13. The zero-order chi connectivity index (χ0) is 12.3. The molecule has 1 aliphatic heterocycles. The van der Waals surface area contributed by atoms with Crippen molar-refractivity contribution in [2.45, 2.75) is 19.4 Å². The number of ether oxygens (including phenoxy) is 1. The molecule has 0 aromatic carbocycles. The predicted octanol–water partition coefficient (Wildman–Crippen LogP) is 1.61. The number of rotatable bonds is 4. The van der Waals surface area contributed by atoms with Crippen LogP contribution in [0.15, 0.2) is 18.3 Å². The Morgan fingerprint density at radius 2 is 2.47 bits per heavy atom. The zero-order valence-electron chi connectivity index (χ0n) is 10.5. The van der Waals surface area contributed by atoms with Gasteiger partial charge in [0.05, 0.1) is 12.7 Å². The Morgan fingerprint density at radius 3 is 3.18 bits per heavy atom. The van der Waals surface area contributed by atoms with Crippen LogP contribution in [0.1, 0.15) is 25.0 Å². The molecule has 2 heterocycles. The van der Waals surface area contributed by atoms with Gasteiger partial charge in [0.25, 0.3) is 0 Å². The summed E-state index contributed by atoms with van der Waals surface area (Å²) in [6.07, 6.45) is 2.48. The second-order valence-electron chi connectivity index (χ2n) is 4.68. The van der Waals surface area contributed by atoms with Crippen molar-refractivity contribution in [3.63, 3.8) is 0 Å². The standard InChI is InChI=1S/C13H20N2O2/c1-10(16)12-3-5-14-13(7-12)15-6-4-11(8-15)9-17-2/h3,5,7,10-11,16H,4,6,8-9H2,1-2H3/t10-,11?/m1/s1. The zero-order valence-corrected chi connectivity index (χ0v) is 10.5. The molecule has 1 unspecified atom stereocenters. The van der Waals surface area contributed by atoms with Crippen LogP contribution in [0.25, 0.3) is 0 Å². The fraction of sp³-hybridized carbons (Fsp3) is 0.615. The quantitative estimate of drug-likeness (QED) is 0.862. The highest BCUT2D eigenvalue weighted by atomic mass is 16.5. The summed E-state index contributed by atoms with van der Waals surface area (Å²) in [7, 11) is 1.75. The molecular formula is C13H20N2O2. The summed E-state index contributed by atoms with van der Waals surface area (Å²) < 4.78 is 5.18. The molecule has 0 saturated carbocycles. The van der Waals surface area contributed by atoms with Crippen LogP contribution in [0.5, 0.6) is 0 Å². The summed E-state index contributed by atoms with van der Waals surface area (Å²) in [4.78, 5) is 6.63. The first-order valence-electron chi connectivity index (χ1n) is 6.08. The summed E-state index contributed by atoms with van der Waals surface area (Å²) in [5.74, 6) is 1.55. The number of aliphatic hydroxyl groups is 1. The molecule has 0 aliphatic carbocycles. The van der Waals surface area contributed by atoms with Gasteiger partial charge < -0.3 is 14.7 Å². The lowest BCUT2D eigenvalue weighted by Gasteiger charge is -2.18. The molecule has 0 bridgehead atoms. The average Bonchev–Trinajstić information content (AvgIpc) is 2.78. The van der Waals surface area contributed by atoms with Crippen LogP contribution >= 0.6 is 0 Å². The van der Waals surface area contributed by atoms with E-state index in [1.807, 2.05) is 12.1 Å². The van der Waals surface area contributed by atoms with Crippen molar-refractivity contribution in [1.29, 1.82) is 0 Å². The molecule has 1 aromatic heterocycles. The Kier molecular flexibility index (Phi) is 3.97. The lowest BCUT2D eigenvalue weighted by Crippen LogP contribution is -2.22. The lowest BCUT2D eigenvalue weighted by molar-refractivity contribution is 0.161. The van der Waals surface area contributed by atoms with E-state index in [0.29, 0.717) is 5.92 Å². The minimum Gasteiger partial charge on any atom is -0.389 e. The van der Waals surface area contributed by atoms with E-state index in [1.165, 1.54) is 0 Å². The molecule has 1 aromatic rings. The third-order valence-electron chi connectivity index (χ3n) is 3.26. The van der Waals surface area contributed by atoms with Crippen LogP contribution in [-0.2, 0) is 4.74 Å². The molecular weight excluding hydrogens is 216 g/mol. The van der Waals surface area contributed by atoms with Crippen molar-refractivity contribution in [2.24, 2.45) is 5.92 Å². The van der Waals surface area contributed by atoms with Crippen molar-refractivity contribution >= 4 is 5.82 Å². The third-order valence-corrected chi connectivity index (χ3v) is 3.26. The van der Waals surface area contributed by atoms with E-state index in [2.05, 4.69) is 9.88 Å². The number of aliphatic hydroxyl groups excluding tert-OH is 1. The summed E-state index contributed by atoms with van der Waals surface area (Å²) in [6, 6.07) is 3.83. The second-order valence-corrected chi connectivity index (χ2v) is 4.68. The highest BCUT2D eigenvalue weighted by molar-refractivity contribution is 5.42. The highest BCUT2D eigenvalue weighted by Gasteiger charge is 2.23. The van der Waals surface area contributed by atoms with Gasteiger partial charge in [0.1, 0.15) is 5.82 Å². The summed E-state index contributed by atoms with van der Waals surface area (Å²) >= 11 is 0. The number of hydrogen-bond donors (Lipinski definition) is 1. The first-order chi connectivity index (χ1) is 8.20. The van der Waals surface area contributed by atoms with Crippen LogP contribution in [0.3, 0.4) is 0 Å². The van der Waals surface area contributed by atoms with E-state index in [0.717, 1.165) is 37.5 Å². The van der Waals surface area contributed by atoms with Crippen molar-refractivity contribution in [2.75, 3.05) is 31.7 Å². The summed E-state index contributed by atoms with van der Waals surface area (Å²) in [5.41, 5.74) is 0.921. The van der Waals surface area contributed by atoms with Crippen LogP contribution in [0, 0.1) is 5.92 Å². The highest BCUT2D eigenvalue weighted by Crippen LogP contribution is 2.24. The number of nitrogens with zero attached hydrogens (tertiary/aromatic N) is 2. The molecule has 2 atom stereocenters. The number of methoxy groups -OCH3 is 1. The molecule has 4 heteroatoms. The summed E-state index contributed by atoms with van der Waals surface area (Å²) in [5, 5.41) is 9.56. The van der Waals surface area contributed by atoms with Gasteiger partial charge in [0, 0.05) is 32.3 Å². The van der Waals surface area contributed by atoms with Crippen molar-refractivity contribution in [3.8, 4) is 0 Å². The Labute approximate surface area is 102 Å². The average molecular weight is 236 g/mol. The van der Waals surface area contributed by atoms with Gasteiger partial charge in [-0.2, -0.15) is 0 Å². The smallest absolute Gasteiger partial charge is 0.128 e. The topological polar surface area (TPSA) is 45.6 Å². The molecule has 94 valence electrons.